The highest BCUT2D eigenvalue weighted by atomic mass is 32.2. The van der Waals surface area contributed by atoms with Crippen LogP contribution in [0.15, 0.2) is 33.0 Å². The molecule has 1 aromatic carbocycles. The van der Waals surface area contributed by atoms with Gasteiger partial charge in [0.05, 0.1) is 11.1 Å². The maximum absolute atomic E-state index is 12.9. The molecule has 2 N–H and O–H groups in total. The molecule has 21 heavy (non-hydrogen) atoms. The number of aromatic nitrogens is 3. The van der Waals surface area contributed by atoms with Crippen LogP contribution in [0.3, 0.4) is 0 Å². The lowest BCUT2D eigenvalue weighted by Gasteiger charge is -2.11. The molecule has 2 rings (SSSR count). The van der Waals surface area contributed by atoms with E-state index in [1.165, 1.54) is 13.1 Å². The number of benzene rings is 1. The second-order valence-corrected chi connectivity index (χ2v) is 5.02. The van der Waals surface area contributed by atoms with Crippen molar-refractivity contribution in [2.45, 2.75) is 16.2 Å². The Morgan fingerprint density at radius 1 is 1.43 bits per heavy atom. The molecule has 0 bridgehead atoms. The zero-order valence-electron chi connectivity index (χ0n) is 10.4. The Balaban J connectivity index is 2.45. The van der Waals surface area contributed by atoms with Crippen molar-refractivity contribution in [2.75, 3.05) is 0 Å². The number of aromatic amines is 1. The number of hydrogen-bond acceptors (Lipinski definition) is 4. The Labute approximate surface area is 119 Å². The van der Waals surface area contributed by atoms with Crippen molar-refractivity contribution >= 4 is 17.7 Å². The molecule has 0 saturated heterocycles. The van der Waals surface area contributed by atoms with E-state index in [1.807, 2.05) is 0 Å². The number of carboxylic acids is 1. The van der Waals surface area contributed by atoms with Crippen LogP contribution in [-0.2, 0) is 13.2 Å². The lowest BCUT2D eigenvalue weighted by molar-refractivity contribution is -0.138. The zero-order valence-corrected chi connectivity index (χ0v) is 11.2. The van der Waals surface area contributed by atoms with Crippen molar-refractivity contribution in [2.24, 2.45) is 7.05 Å². The Hall–Kier alpha value is -2.23. The summed E-state index contributed by atoms with van der Waals surface area (Å²) < 4.78 is 39.7. The largest absolute Gasteiger partial charge is 0.478 e. The van der Waals surface area contributed by atoms with Crippen molar-refractivity contribution in [3.05, 3.63) is 39.8 Å². The van der Waals surface area contributed by atoms with Gasteiger partial charge in [-0.2, -0.15) is 13.2 Å². The van der Waals surface area contributed by atoms with E-state index in [2.05, 4.69) is 10.2 Å². The van der Waals surface area contributed by atoms with E-state index in [4.69, 9.17) is 5.11 Å². The van der Waals surface area contributed by atoms with Gasteiger partial charge in [0.25, 0.3) is 0 Å². The van der Waals surface area contributed by atoms with Crippen LogP contribution in [0.1, 0.15) is 15.9 Å². The van der Waals surface area contributed by atoms with Crippen LogP contribution in [0.5, 0.6) is 0 Å². The summed E-state index contributed by atoms with van der Waals surface area (Å²) in [7, 11) is 1.41. The summed E-state index contributed by atoms with van der Waals surface area (Å²) >= 11 is 0.813. The number of nitrogens with one attached hydrogen (secondary N) is 1. The molecule has 0 radical (unpaired) electrons. The van der Waals surface area contributed by atoms with Crippen LogP contribution in [-0.4, -0.2) is 25.8 Å². The fourth-order valence-electron chi connectivity index (χ4n) is 1.54. The maximum Gasteiger partial charge on any atom is 0.417 e. The number of halogens is 3. The Bertz CT molecular complexity index is 751. The molecule has 0 saturated carbocycles. The minimum Gasteiger partial charge on any atom is -0.478 e. The summed E-state index contributed by atoms with van der Waals surface area (Å²) in [6, 6.07) is 2.81. The van der Waals surface area contributed by atoms with Gasteiger partial charge in [0.2, 0.25) is 0 Å². The van der Waals surface area contributed by atoms with Gasteiger partial charge in [0.15, 0.2) is 5.16 Å². The SMILES string of the molecule is Cn1c(Sc2ccc(C(=O)O)c(C(F)(F)F)c2)n[nH]c1=O. The van der Waals surface area contributed by atoms with E-state index in [1.54, 1.807) is 0 Å². The molecule has 0 amide bonds. The van der Waals surface area contributed by atoms with Gasteiger partial charge in [-0.1, -0.05) is 0 Å². The predicted octanol–water partition coefficient (Wildman–Crippen LogP) is 1.98. The first-order chi connectivity index (χ1) is 9.70. The van der Waals surface area contributed by atoms with Crippen molar-refractivity contribution in [1.29, 1.82) is 0 Å². The second-order valence-electron chi connectivity index (χ2n) is 3.98. The molecule has 0 aliphatic rings. The summed E-state index contributed by atoms with van der Waals surface area (Å²) in [6.45, 7) is 0. The third-order valence-corrected chi connectivity index (χ3v) is 3.61. The molecular formula is C11H8F3N3O3S. The minimum absolute atomic E-state index is 0.120. The summed E-state index contributed by atoms with van der Waals surface area (Å²) in [5, 5.41) is 14.8. The van der Waals surface area contributed by atoms with Crippen LogP contribution >= 0.6 is 11.8 Å². The monoisotopic (exact) mass is 319 g/mol. The molecule has 0 spiro atoms. The number of rotatable bonds is 3. The predicted molar refractivity (Wildman–Crippen MR) is 66.4 cm³/mol. The van der Waals surface area contributed by atoms with E-state index in [-0.39, 0.29) is 10.1 Å². The number of carboxylic acid groups (broad SMARTS) is 1. The lowest BCUT2D eigenvalue weighted by Crippen LogP contribution is -2.13. The Morgan fingerprint density at radius 2 is 2.10 bits per heavy atom. The normalized spacial score (nSPS) is 11.6. The molecule has 0 unspecified atom stereocenters. The van der Waals surface area contributed by atoms with E-state index in [0.717, 1.165) is 22.4 Å². The van der Waals surface area contributed by atoms with Gasteiger partial charge in [0.1, 0.15) is 0 Å². The van der Waals surface area contributed by atoms with Crippen molar-refractivity contribution in [3.63, 3.8) is 0 Å². The molecule has 1 heterocycles. The number of H-pyrrole nitrogens is 1. The van der Waals surface area contributed by atoms with Crippen LogP contribution in [0.4, 0.5) is 13.2 Å². The minimum atomic E-state index is -4.79. The molecule has 10 heteroatoms. The van der Waals surface area contributed by atoms with Gasteiger partial charge in [-0.15, -0.1) is 5.10 Å². The van der Waals surface area contributed by atoms with Crippen molar-refractivity contribution in [3.8, 4) is 0 Å². The van der Waals surface area contributed by atoms with E-state index < -0.39 is 29.0 Å². The van der Waals surface area contributed by atoms with Gasteiger partial charge in [-0.05, 0) is 30.0 Å². The van der Waals surface area contributed by atoms with E-state index in [0.29, 0.717) is 6.07 Å². The number of hydrogen-bond donors (Lipinski definition) is 2. The molecule has 0 aliphatic heterocycles. The molecule has 0 atom stereocenters. The van der Waals surface area contributed by atoms with Gasteiger partial charge < -0.3 is 5.11 Å². The summed E-state index contributed by atoms with van der Waals surface area (Å²) in [4.78, 5) is 22.1. The fourth-order valence-corrected chi connectivity index (χ4v) is 2.37. The summed E-state index contributed by atoms with van der Waals surface area (Å²) in [5.41, 5.74) is -2.58. The number of carbonyl (C=O) groups is 1. The standard InChI is InChI=1S/C11H8F3N3O3S/c1-17-9(20)15-16-10(17)21-5-2-3-6(8(18)19)7(4-5)11(12,13)14/h2-4H,1H3,(H,15,20)(H,18,19). The van der Waals surface area contributed by atoms with E-state index in [9.17, 15) is 22.8 Å². The first-order valence-corrected chi connectivity index (χ1v) is 6.25. The van der Waals surface area contributed by atoms with Crippen LogP contribution in [0, 0.1) is 0 Å². The molecule has 0 aliphatic carbocycles. The van der Waals surface area contributed by atoms with Crippen molar-refractivity contribution < 1.29 is 23.1 Å². The highest BCUT2D eigenvalue weighted by Gasteiger charge is 2.35. The van der Waals surface area contributed by atoms with Crippen molar-refractivity contribution in [1.82, 2.24) is 14.8 Å². The number of nitrogens with zero attached hydrogens (tertiary/aromatic N) is 2. The topological polar surface area (TPSA) is 88.0 Å². The zero-order chi connectivity index (χ0) is 15.8. The summed E-state index contributed by atoms with van der Waals surface area (Å²) in [5.74, 6) is -1.66. The van der Waals surface area contributed by atoms with Crippen LogP contribution < -0.4 is 5.69 Å². The lowest BCUT2D eigenvalue weighted by atomic mass is 10.1. The summed E-state index contributed by atoms with van der Waals surface area (Å²) in [6.07, 6.45) is -4.79. The van der Waals surface area contributed by atoms with Crippen LogP contribution in [0.25, 0.3) is 0 Å². The Morgan fingerprint density at radius 3 is 2.57 bits per heavy atom. The first kappa shape index (κ1) is 15.2. The fraction of sp³-hybridized carbons (Fsp3) is 0.182. The van der Waals surface area contributed by atoms with Gasteiger partial charge in [-0.3, -0.25) is 4.57 Å². The third kappa shape index (κ3) is 3.10. The smallest absolute Gasteiger partial charge is 0.417 e. The molecule has 112 valence electrons. The number of aromatic carboxylic acids is 1. The van der Waals surface area contributed by atoms with Gasteiger partial charge in [0, 0.05) is 11.9 Å². The number of alkyl halides is 3. The van der Waals surface area contributed by atoms with Gasteiger partial charge >= 0.3 is 17.8 Å². The second kappa shape index (κ2) is 5.28. The Kier molecular flexibility index (Phi) is 3.81. The third-order valence-electron chi connectivity index (χ3n) is 2.57. The van der Waals surface area contributed by atoms with Gasteiger partial charge in [-0.25, -0.2) is 14.7 Å². The molecule has 1 aromatic heterocycles. The maximum atomic E-state index is 12.9. The quantitative estimate of drug-likeness (QED) is 0.903. The molecule has 0 fully saturated rings. The molecule has 6 nitrogen and oxygen atoms in total. The first-order valence-electron chi connectivity index (χ1n) is 5.44. The van der Waals surface area contributed by atoms with Crippen LogP contribution in [0.2, 0.25) is 0 Å². The average Bonchev–Trinajstić information content (AvgIpc) is 2.69. The highest BCUT2D eigenvalue weighted by molar-refractivity contribution is 7.99. The van der Waals surface area contributed by atoms with E-state index >= 15 is 0 Å². The molecular weight excluding hydrogens is 311 g/mol. The average molecular weight is 319 g/mol. The highest BCUT2D eigenvalue weighted by Crippen LogP contribution is 2.36. The molecule has 2 aromatic rings.